The van der Waals surface area contributed by atoms with E-state index in [0.717, 1.165) is 49.8 Å². The van der Waals surface area contributed by atoms with Crippen molar-refractivity contribution in [3.05, 3.63) is 24.0 Å². The summed E-state index contributed by atoms with van der Waals surface area (Å²) in [7, 11) is 1.65. The van der Waals surface area contributed by atoms with Crippen LogP contribution in [0.1, 0.15) is 57.2 Å². The van der Waals surface area contributed by atoms with Crippen LogP contribution in [-0.2, 0) is 5.54 Å². The lowest BCUT2D eigenvalue weighted by atomic mass is 9.99. The van der Waals surface area contributed by atoms with Gasteiger partial charge in [-0.1, -0.05) is 18.0 Å². The van der Waals surface area contributed by atoms with E-state index < -0.39 is 5.54 Å². The first-order chi connectivity index (χ1) is 12.2. The van der Waals surface area contributed by atoms with Gasteiger partial charge in [0, 0.05) is 5.56 Å². The van der Waals surface area contributed by atoms with Gasteiger partial charge in [0.1, 0.15) is 0 Å². The molecule has 2 aliphatic carbocycles. The number of ether oxygens (including phenoxy) is 2. The zero-order valence-corrected chi connectivity index (χ0v) is 15.9. The summed E-state index contributed by atoms with van der Waals surface area (Å²) in [5.41, 5.74) is 6.78. The fourth-order valence-corrected chi connectivity index (χ4v) is 3.86. The molecule has 2 fully saturated rings. The van der Waals surface area contributed by atoms with Gasteiger partial charge in [0.25, 0.3) is 5.89 Å². The minimum atomic E-state index is -0.447. The van der Waals surface area contributed by atoms with E-state index in [1.807, 2.05) is 18.2 Å². The maximum Gasteiger partial charge on any atom is 0.258 e. The molecule has 142 valence electrons. The fraction of sp³-hybridized carbons (Fsp3) is 0.579. The quantitative estimate of drug-likeness (QED) is 0.837. The van der Waals surface area contributed by atoms with Gasteiger partial charge in [-0.05, 0) is 56.7 Å². The van der Waals surface area contributed by atoms with Gasteiger partial charge in [0.05, 0.1) is 18.8 Å². The van der Waals surface area contributed by atoms with Crippen molar-refractivity contribution in [1.82, 2.24) is 10.1 Å². The number of benzene rings is 1. The van der Waals surface area contributed by atoms with Gasteiger partial charge < -0.3 is 19.7 Å². The minimum Gasteiger partial charge on any atom is -0.493 e. The molecule has 26 heavy (non-hydrogen) atoms. The summed E-state index contributed by atoms with van der Waals surface area (Å²) in [6, 6.07) is 5.74. The predicted molar refractivity (Wildman–Crippen MR) is 101 cm³/mol. The second-order valence-electron chi connectivity index (χ2n) is 7.18. The molecule has 0 spiro atoms. The number of hydrogen-bond acceptors (Lipinski definition) is 6. The largest absolute Gasteiger partial charge is 0.493 e. The third kappa shape index (κ3) is 3.67. The van der Waals surface area contributed by atoms with Gasteiger partial charge in [0.2, 0.25) is 0 Å². The molecule has 0 unspecified atom stereocenters. The van der Waals surface area contributed by atoms with E-state index in [2.05, 4.69) is 10.1 Å². The first-order valence-electron chi connectivity index (χ1n) is 9.16. The van der Waals surface area contributed by atoms with E-state index in [-0.39, 0.29) is 18.5 Å². The zero-order valence-electron chi connectivity index (χ0n) is 15.1. The minimum absolute atomic E-state index is 0. The van der Waals surface area contributed by atoms with Crippen molar-refractivity contribution < 1.29 is 14.0 Å². The summed E-state index contributed by atoms with van der Waals surface area (Å²) < 4.78 is 17.0. The molecule has 7 heteroatoms. The van der Waals surface area contributed by atoms with E-state index in [1.54, 1.807) is 7.11 Å². The molecule has 0 amide bonds. The van der Waals surface area contributed by atoms with Gasteiger partial charge in [0.15, 0.2) is 17.3 Å². The van der Waals surface area contributed by atoms with Crippen molar-refractivity contribution >= 4 is 12.4 Å². The van der Waals surface area contributed by atoms with Gasteiger partial charge in [-0.3, -0.25) is 0 Å². The second kappa shape index (κ2) is 7.84. The van der Waals surface area contributed by atoms with Crippen LogP contribution in [0.2, 0.25) is 0 Å². The highest BCUT2D eigenvalue weighted by molar-refractivity contribution is 5.85. The molecule has 1 aromatic carbocycles. The molecule has 2 N–H and O–H groups in total. The maximum absolute atomic E-state index is 6.41. The highest BCUT2D eigenvalue weighted by atomic mass is 35.5. The smallest absolute Gasteiger partial charge is 0.258 e. The molecule has 0 aliphatic heterocycles. The molecule has 1 heterocycles. The average Bonchev–Trinajstić information content (AvgIpc) is 3.37. The van der Waals surface area contributed by atoms with E-state index in [1.165, 1.54) is 12.8 Å². The first kappa shape index (κ1) is 19.0. The van der Waals surface area contributed by atoms with Crippen molar-refractivity contribution in [2.75, 3.05) is 7.11 Å². The number of nitrogens with zero attached hydrogens (tertiary/aromatic N) is 2. The summed E-state index contributed by atoms with van der Waals surface area (Å²) in [6.07, 6.45) is 9.00. The molecule has 6 nitrogen and oxygen atoms in total. The Bertz CT molecular complexity index is 737. The zero-order chi connectivity index (χ0) is 17.3. The van der Waals surface area contributed by atoms with Crippen LogP contribution < -0.4 is 15.2 Å². The lowest BCUT2D eigenvalue weighted by molar-refractivity contribution is 0.201. The number of methoxy groups -OCH3 is 1. The average molecular weight is 380 g/mol. The molecule has 2 aliphatic rings. The number of hydrogen-bond donors (Lipinski definition) is 1. The van der Waals surface area contributed by atoms with Gasteiger partial charge in [-0.25, -0.2) is 0 Å². The molecule has 0 bridgehead atoms. The normalized spacial score (nSPS) is 19.3. The second-order valence-corrected chi connectivity index (χ2v) is 7.18. The van der Waals surface area contributed by atoms with E-state index in [9.17, 15) is 0 Å². The molecule has 0 atom stereocenters. The summed E-state index contributed by atoms with van der Waals surface area (Å²) in [6.45, 7) is 0. The summed E-state index contributed by atoms with van der Waals surface area (Å²) in [5.74, 6) is 2.53. The Balaban J connectivity index is 0.00000196. The van der Waals surface area contributed by atoms with Crippen molar-refractivity contribution in [3.8, 4) is 23.0 Å². The number of halogens is 1. The predicted octanol–water partition coefficient (Wildman–Crippen LogP) is 4.22. The molecule has 4 rings (SSSR count). The Hall–Kier alpha value is -1.79. The Labute approximate surface area is 159 Å². The highest BCUT2D eigenvalue weighted by Crippen LogP contribution is 2.37. The molecular weight excluding hydrogens is 354 g/mol. The van der Waals surface area contributed by atoms with Crippen LogP contribution in [0.4, 0.5) is 0 Å². The molecular formula is C19H26ClN3O3. The highest BCUT2D eigenvalue weighted by Gasteiger charge is 2.36. The van der Waals surface area contributed by atoms with Crippen LogP contribution in [0.15, 0.2) is 22.7 Å². The molecule has 0 radical (unpaired) electrons. The van der Waals surface area contributed by atoms with Crippen LogP contribution in [0.3, 0.4) is 0 Å². The van der Waals surface area contributed by atoms with E-state index in [4.69, 9.17) is 19.7 Å². The first-order valence-corrected chi connectivity index (χ1v) is 9.16. The number of aromatic nitrogens is 2. The van der Waals surface area contributed by atoms with Crippen LogP contribution in [0, 0.1) is 0 Å². The van der Waals surface area contributed by atoms with Gasteiger partial charge in [-0.2, -0.15) is 4.98 Å². The fourth-order valence-electron chi connectivity index (χ4n) is 3.86. The Morgan fingerprint density at radius 3 is 2.54 bits per heavy atom. The van der Waals surface area contributed by atoms with Crippen molar-refractivity contribution in [2.24, 2.45) is 5.73 Å². The van der Waals surface area contributed by atoms with Crippen LogP contribution in [0.25, 0.3) is 11.5 Å². The monoisotopic (exact) mass is 379 g/mol. The van der Waals surface area contributed by atoms with Gasteiger partial charge >= 0.3 is 0 Å². The summed E-state index contributed by atoms with van der Waals surface area (Å²) >= 11 is 0. The van der Waals surface area contributed by atoms with E-state index >= 15 is 0 Å². The summed E-state index contributed by atoms with van der Waals surface area (Å²) in [5, 5.41) is 4.12. The molecule has 2 aromatic rings. The molecule has 0 saturated heterocycles. The standard InChI is InChI=1S/C19H25N3O3.ClH/c1-23-16-12-13(8-9-15(16)24-14-6-2-3-7-14)17-21-18(22-25-17)19(20)10-4-5-11-19;/h8-9,12,14H,2-7,10-11,20H2,1H3;1H. The van der Waals surface area contributed by atoms with Crippen LogP contribution in [-0.4, -0.2) is 23.4 Å². The van der Waals surface area contributed by atoms with E-state index in [0.29, 0.717) is 17.5 Å². The molecule has 2 saturated carbocycles. The van der Waals surface area contributed by atoms with Crippen LogP contribution in [0.5, 0.6) is 11.5 Å². The van der Waals surface area contributed by atoms with Crippen molar-refractivity contribution in [1.29, 1.82) is 0 Å². The third-order valence-corrected chi connectivity index (χ3v) is 5.37. The summed E-state index contributed by atoms with van der Waals surface area (Å²) in [4.78, 5) is 4.54. The lowest BCUT2D eigenvalue weighted by Gasteiger charge is -2.17. The lowest BCUT2D eigenvalue weighted by Crippen LogP contribution is -2.34. The third-order valence-electron chi connectivity index (χ3n) is 5.37. The SMILES string of the molecule is COc1cc(-c2nc(C3(N)CCCC3)no2)ccc1OC1CCCC1.Cl. The Morgan fingerprint density at radius 2 is 1.85 bits per heavy atom. The Morgan fingerprint density at radius 1 is 1.12 bits per heavy atom. The van der Waals surface area contributed by atoms with Gasteiger partial charge in [-0.15, -0.1) is 12.4 Å². The maximum atomic E-state index is 6.41. The van der Waals surface area contributed by atoms with Crippen molar-refractivity contribution in [2.45, 2.75) is 63.0 Å². The topological polar surface area (TPSA) is 83.4 Å². The Kier molecular flexibility index (Phi) is 5.73. The number of rotatable bonds is 5. The molecule has 1 aromatic heterocycles. The number of nitrogens with two attached hydrogens (primary N) is 1. The van der Waals surface area contributed by atoms with Crippen LogP contribution >= 0.6 is 12.4 Å². The van der Waals surface area contributed by atoms with Crippen molar-refractivity contribution in [3.63, 3.8) is 0 Å².